The molecule has 0 N–H and O–H groups in total. The summed E-state index contributed by atoms with van der Waals surface area (Å²) in [7, 11) is 0. The minimum Gasteiger partial charge on any atom is -0.316 e. The number of aryl methyl sites for hydroxylation is 2. The minimum atomic E-state index is -0.196. The molecule has 0 bridgehead atoms. The average Bonchev–Trinajstić information content (AvgIpc) is 3.00. The van der Waals surface area contributed by atoms with E-state index in [4.69, 9.17) is 0 Å². The van der Waals surface area contributed by atoms with Gasteiger partial charge in [0.25, 0.3) is 5.91 Å². The lowest BCUT2D eigenvalue weighted by atomic mass is 10.1. The van der Waals surface area contributed by atoms with Gasteiger partial charge in [0.15, 0.2) is 4.80 Å². The van der Waals surface area contributed by atoms with Crippen LogP contribution in [0.4, 0.5) is 0 Å². The Morgan fingerprint density at radius 1 is 1.08 bits per heavy atom. The molecule has 0 aliphatic rings. The van der Waals surface area contributed by atoms with E-state index in [-0.39, 0.29) is 5.91 Å². The van der Waals surface area contributed by atoms with Gasteiger partial charge in [0.1, 0.15) is 0 Å². The number of carbonyl (C=O) groups is 1. The highest BCUT2D eigenvalue weighted by molar-refractivity contribution is 9.10. The highest BCUT2D eigenvalue weighted by Gasteiger charge is 2.14. The van der Waals surface area contributed by atoms with Crippen LogP contribution in [0.1, 0.15) is 34.6 Å². The lowest BCUT2D eigenvalue weighted by Gasteiger charge is -2.08. The lowest BCUT2D eigenvalue weighted by molar-refractivity contribution is 0.0998. The monoisotopic (exact) mass is 428 g/mol. The molecule has 3 rings (SSSR count). The highest BCUT2D eigenvalue weighted by Crippen LogP contribution is 2.27. The van der Waals surface area contributed by atoms with Crippen molar-refractivity contribution in [1.29, 1.82) is 0 Å². The standard InChI is InChI=1S/C21H21BrN2OS/c1-4-18-19(15-10-12-17(22)13-11-15)24(5-2)21(26-18)23-20(25)16-8-6-14(3)7-9-16/h6-13H,4-5H2,1-3H3. The van der Waals surface area contributed by atoms with Gasteiger partial charge in [-0.1, -0.05) is 52.7 Å². The molecule has 5 heteroatoms. The average molecular weight is 429 g/mol. The fraction of sp³-hybridized carbons (Fsp3) is 0.238. The molecular weight excluding hydrogens is 408 g/mol. The summed E-state index contributed by atoms with van der Waals surface area (Å²) in [5.41, 5.74) is 4.05. The molecule has 1 amide bonds. The van der Waals surface area contributed by atoms with Crippen LogP contribution in [0.3, 0.4) is 0 Å². The Hall–Kier alpha value is -1.98. The first kappa shape index (κ1) is 18.8. The smallest absolute Gasteiger partial charge is 0.279 e. The van der Waals surface area contributed by atoms with E-state index in [1.807, 2.05) is 43.3 Å². The van der Waals surface area contributed by atoms with Gasteiger partial charge in [-0.3, -0.25) is 4.79 Å². The zero-order valence-corrected chi connectivity index (χ0v) is 17.5. The molecule has 0 saturated carbocycles. The third kappa shape index (κ3) is 3.89. The van der Waals surface area contributed by atoms with E-state index in [1.165, 1.54) is 4.88 Å². The first-order valence-electron chi connectivity index (χ1n) is 8.67. The summed E-state index contributed by atoms with van der Waals surface area (Å²) in [5.74, 6) is -0.196. The maximum atomic E-state index is 12.6. The van der Waals surface area contributed by atoms with Crippen molar-refractivity contribution in [3.8, 4) is 11.3 Å². The van der Waals surface area contributed by atoms with E-state index in [9.17, 15) is 4.79 Å². The summed E-state index contributed by atoms with van der Waals surface area (Å²) in [6, 6.07) is 15.8. The Morgan fingerprint density at radius 2 is 1.73 bits per heavy atom. The Labute approximate surface area is 166 Å². The molecule has 0 radical (unpaired) electrons. The van der Waals surface area contributed by atoms with Crippen LogP contribution in [-0.4, -0.2) is 10.5 Å². The van der Waals surface area contributed by atoms with E-state index in [0.717, 1.165) is 39.1 Å². The second kappa shape index (κ2) is 8.14. The van der Waals surface area contributed by atoms with Crippen molar-refractivity contribution < 1.29 is 4.79 Å². The molecule has 3 aromatic rings. The second-order valence-electron chi connectivity index (χ2n) is 6.04. The number of nitrogens with zero attached hydrogens (tertiary/aromatic N) is 2. The van der Waals surface area contributed by atoms with Crippen LogP contribution in [-0.2, 0) is 13.0 Å². The molecule has 0 unspecified atom stereocenters. The fourth-order valence-electron chi connectivity index (χ4n) is 2.85. The molecular formula is C21H21BrN2OS. The molecule has 3 nitrogen and oxygen atoms in total. The van der Waals surface area contributed by atoms with Crippen molar-refractivity contribution >= 4 is 33.2 Å². The van der Waals surface area contributed by atoms with Crippen LogP contribution in [0.5, 0.6) is 0 Å². The molecule has 0 fully saturated rings. The van der Waals surface area contributed by atoms with E-state index >= 15 is 0 Å². The first-order valence-corrected chi connectivity index (χ1v) is 10.3. The van der Waals surface area contributed by atoms with Crippen LogP contribution in [0.15, 0.2) is 58.0 Å². The lowest BCUT2D eigenvalue weighted by Crippen LogP contribution is -2.17. The van der Waals surface area contributed by atoms with Crippen molar-refractivity contribution in [2.24, 2.45) is 4.99 Å². The van der Waals surface area contributed by atoms with Crippen LogP contribution < -0.4 is 4.80 Å². The van der Waals surface area contributed by atoms with Gasteiger partial charge in [-0.25, -0.2) is 0 Å². The van der Waals surface area contributed by atoms with Gasteiger partial charge in [-0.15, -0.1) is 11.3 Å². The maximum absolute atomic E-state index is 12.6. The number of hydrogen-bond donors (Lipinski definition) is 0. The van der Waals surface area contributed by atoms with Gasteiger partial charge in [0, 0.05) is 21.5 Å². The molecule has 134 valence electrons. The van der Waals surface area contributed by atoms with E-state index in [1.54, 1.807) is 11.3 Å². The van der Waals surface area contributed by atoms with E-state index < -0.39 is 0 Å². The summed E-state index contributed by atoms with van der Waals surface area (Å²) in [4.78, 5) is 19.0. The summed E-state index contributed by atoms with van der Waals surface area (Å²) < 4.78 is 3.19. The number of benzene rings is 2. The summed E-state index contributed by atoms with van der Waals surface area (Å²) in [6.07, 6.45) is 0.907. The van der Waals surface area contributed by atoms with Crippen LogP contribution in [0.25, 0.3) is 11.3 Å². The molecule has 1 heterocycles. The molecule has 0 aliphatic carbocycles. The summed E-state index contributed by atoms with van der Waals surface area (Å²) >= 11 is 5.09. The predicted molar refractivity (Wildman–Crippen MR) is 112 cm³/mol. The first-order chi connectivity index (χ1) is 12.5. The maximum Gasteiger partial charge on any atom is 0.279 e. The molecule has 0 saturated heterocycles. The number of rotatable bonds is 4. The number of amides is 1. The predicted octanol–water partition coefficient (Wildman–Crippen LogP) is 5.61. The largest absolute Gasteiger partial charge is 0.316 e. The number of aromatic nitrogens is 1. The molecule has 0 atom stereocenters. The minimum absolute atomic E-state index is 0.196. The zero-order chi connectivity index (χ0) is 18.7. The van der Waals surface area contributed by atoms with Crippen molar-refractivity contribution in [2.45, 2.75) is 33.7 Å². The van der Waals surface area contributed by atoms with Gasteiger partial charge < -0.3 is 4.57 Å². The zero-order valence-electron chi connectivity index (χ0n) is 15.1. The summed E-state index contributed by atoms with van der Waals surface area (Å²) in [5, 5.41) is 0. The SMILES string of the molecule is CCc1sc(=NC(=O)c2ccc(C)cc2)n(CC)c1-c1ccc(Br)cc1. The molecule has 0 aliphatic heterocycles. The number of hydrogen-bond acceptors (Lipinski definition) is 2. The van der Waals surface area contributed by atoms with E-state index in [0.29, 0.717) is 5.56 Å². The molecule has 2 aromatic carbocycles. The third-order valence-corrected chi connectivity index (χ3v) is 5.98. The van der Waals surface area contributed by atoms with Crippen molar-refractivity contribution in [1.82, 2.24) is 4.57 Å². The Kier molecular flexibility index (Phi) is 5.89. The van der Waals surface area contributed by atoms with Gasteiger partial charge in [0.05, 0.1) is 5.69 Å². The van der Waals surface area contributed by atoms with Gasteiger partial charge >= 0.3 is 0 Å². The molecule has 0 spiro atoms. The Balaban J connectivity index is 2.12. The topological polar surface area (TPSA) is 34.4 Å². The van der Waals surface area contributed by atoms with Crippen molar-refractivity contribution in [2.75, 3.05) is 0 Å². The van der Waals surface area contributed by atoms with Crippen LogP contribution in [0, 0.1) is 6.92 Å². The molecule has 1 aromatic heterocycles. The van der Waals surface area contributed by atoms with Crippen LogP contribution in [0.2, 0.25) is 0 Å². The Morgan fingerprint density at radius 3 is 2.31 bits per heavy atom. The van der Waals surface area contributed by atoms with Gasteiger partial charge in [0.2, 0.25) is 0 Å². The Bertz CT molecular complexity index is 982. The number of halogens is 1. The normalized spacial score (nSPS) is 11.8. The quantitative estimate of drug-likeness (QED) is 0.531. The number of carbonyl (C=O) groups excluding carboxylic acids is 1. The van der Waals surface area contributed by atoms with E-state index in [2.05, 4.69) is 51.5 Å². The third-order valence-electron chi connectivity index (χ3n) is 4.23. The van der Waals surface area contributed by atoms with Crippen molar-refractivity contribution in [3.63, 3.8) is 0 Å². The van der Waals surface area contributed by atoms with Gasteiger partial charge in [-0.05, 0) is 50.1 Å². The second-order valence-corrected chi connectivity index (χ2v) is 8.02. The number of thiazole rings is 1. The summed E-state index contributed by atoms with van der Waals surface area (Å²) in [6.45, 7) is 7.00. The fourth-order valence-corrected chi connectivity index (χ4v) is 4.26. The molecule has 26 heavy (non-hydrogen) atoms. The highest BCUT2D eigenvalue weighted by atomic mass is 79.9. The van der Waals surface area contributed by atoms with Crippen LogP contribution >= 0.6 is 27.3 Å². The van der Waals surface area contributed by atoms with Gasteiger partial charge in [-0.2, -0.15) is 4.99 Å². The van der Waals surface area contributed by atoms with Crippen molar-refractivity contribution in [3.05, 3.63) is 73.8 Å².